The van der Waals surface area contributed by atoms with E-state index in [-0.39, 0.29) is 6.17 Å². The highest BCUT2D eigenvalue weighted by atomic mass is 15.0. The Labute approximate surface area is 76.9 Å². The number of nitrogens with one attached hydrogen (secondary N) is 1. The molecule has 0 aliphatic carbocycles. The molecule has 0 fully saturated rings. The highest BCUT2D eigenvalue weighted by molar-refractivity contribution is 4.60. The molecule has 0 aromatic heterocycles. The summed E-state index contributed by atoms with van der Waals surface area (Å²) in [6.07, 6.45) is 5.15. The molecular weight excluding hydrogens is 148 g/mol. The lowest BCUT2D eigenvalue weighted by molar-refractivity contribution is 0.436. The van der Waals surface area contributed by atoms with E-state index in [1.165, 1.54) is 19.3 Å². The Balaban J connectivity index is 3.15. The molecule has 0 saturated heterocycles. The van der Waals surface area contributed by atoms with Gasteiger partial charge in [-0.25, -0.2) is 0 Å². The third-order valence-corrected chi connectivity index (χ3v) is 1.91. The van der Waals surface area contributed by atoms with Crippen LogP contribution in [0, 0.1) is 5.92 Å². The minimum absolute atomic E-state index is 0.207. The van der Waals surface area contributed by atoms with E-state index in [0.717, 1.165) is 13.0 Å². The highest BCUT2D eigenvalue weighted by Crippen LogP contribution is 2.00. The standard InChI is InChI=1S/C10H24N2/c1-4-5-6-7-10(11)12-8-9(2)3/h9-10,12H,4-8,11H2,1-3H3. The molecule has 12 heavy (non-hydrogen) atoms. The van der Waals surface area contributed by atoms with Gasteiger partial charge in [-0.1, -0.05) is 40.0 Å². The van der Waals surface area contributed by atoms with Gasteiger partial charge in [-0.2, -0.15) is 0 Å². The fraction of sp³-hybridized carbons (Fsp3) is 1.00. The second kappa shape index (κ2) is 7.56. The molecule has 0 aromatic carbocycles. The SMILES string of the molecule is CCCCCC(N)NCC(C)C. The van der Waals surface area contributed by atoms with Gasteiger partial charge in [0.15, 0.2) is 0 Å². The molecule has 3 N–H and O–H groups in total. The molecule has 2 nitrogen and oxygen atoms in total. The van der Waals surface area contributed by atoms with Crippen LogP contribution in [0.5, 0.6) is 0 Å². The maximum absolute atomic E-state index is 5.85. The Bertz CT molecular complexity index is 91.8. The van der Waals surface area contributed by atoms with Crippen molar-refractivity contribution in [2.24, 2.45) is 11.7 Å². The molecule has 0 amide bonds. The predicted octanol–water partition coefficient (Wildman–Crippen LogP) is 2.10. The van der Waals surface area contributed by atoms with Crippen LogP contribution in [0.15, 0.2) is 0 Å². The third kappa shape index (κ3) is 8.02. The molecule has 0 radical (unpaired) electrons. The minimum atomic E-state index is 0.207. The zero-order valence-corrected chi connectivity index (χ0v) is 8.77. The van der Waals surface area contributed by atoms with Gasteiger partial charge in [0.2, 0.25) is 0 Å². The highest BCUT2D eigenvalue weighted by Gasteiger charge is 2.01. The van der Waals surface area contributed by atoms with Gasteiger partial charge in [0.05, 0.1) is 6.17 Å². The third-order valence-electron chi connectivity index (χ3n) is 1.91. The van der Waals surface area contributed by atoms with Crippen molar-refractivity contribution < 1.29 is 0 Å². The number of hydrogen-bond donors (Lipinski definition) is 2. The van der Waals surface area contributed by atoms with Gasteiger partial charge in [0.1, 0.15) is 0 Å². The summed E-state index contributed by atoms with van der Waals surface area (Å²) in [6.45, 7) is 7.65. The van der Waals surface area contributed by atoms with Gasteiger partial charge in [-0.3, -0.25) is 0 Å². The van der Waals surface area contributed by atoms with Crippen LogP contribution in [0.2, 0.25) is 0 Å². The lowest BCUT2D eigenvalue weighted by atomic mass is 10.1. The molecule has 0 aliphatic rings. The van der Waals surface area contributed by atoms with Crippen molar-refractivity contribution in [3.8, 4) is 0 Å². The molecule has 0 heterocycles. The van der Waals surface area contributed by atoms with Crippen LogP contribution >= 0.6 is 0 Å². The van der Waals surface area contributed by atoms with Gasteiger partial charge in [-0.05, 0) is 18.9 Å². The Morgan fingerprint density at radius 3 is 2.42 bits per heavy atom. The smallest absolute Gasteiger partial charge is 0.0546 e. The van der Waals surface area contributed by atoms with Crippen LogP contribution < -0.4 is 11.1 Å². The number of unbranched alkanes of at least 4 members (excludes halogenated alkanes) is 2. The molecular formula is C10H24N2. The fourth-order valence-electron chi connectivity index (χ4n) is 1.10. The van der Waals surface area contributed by atoms with Gasteiger partial charge < -0.3 is 11.1 Å². The second-order valence-electron chi connectivity index (χ2n) is 3.90. The second-order valence-corrected chi connectivity index (χ2v) is 3.90. The van der Waals surface area contributed by atoms with E-state index < -0.39 is 0 Å². The average Bonchev–Trinajstić information content (AvgIpc) is 2.01. The van der Waals surface area contributed by atoms with E-state index in [0.29, 0.717) is 5.92 Å². The molecule has 1 atom stereocenters. The van der Waals surface area contributed by atoms with Crippen LogP contribution in [0.4, 0.5) is 0 Å². The summed E-state index contributed by atoms with van der Waals surface area (Å²) in [6, 6.07) is 0. The van der Waals surface area contributed by atoms with Gasteiger partial charge in [-0.15, -0.1) is 0 Å². The largest absolute Gasteiger partial charge is 0.316 e. The van der Waals surface area contributed by atoms with Crippen molar-refractivity contribution in [2.75, 3.05) is 6.54 Å². The molecule has 0 aliphatic heterocycles. The monoisotopic (exact) mass is 172 g/mol. The van der Waals surface area contributed by atoms with E-state index in [1.807, 2.05) is 0 Å². The van der Waals surface area contributed by atoms with Crippen molar-refractivity contribution in [1.82, 2.24) is 5.32 Å². The van der Waals surface area contributed by atoms with Gasteiger partial charge in [0.25, 0.3) is 0 Å². The van der Waals surface area contributed by atoms with Gasteiger partial charge in [0, 0.05) is 0 Å². The quantitative estimate of drug-likeness (QED) is 0.456. The molecule has 0 aromatic rings. The van der Waals surface area contributed by atoms with E-state index in [9.17, 15) is 0 Å². The van der Waals surface area contributed by atoms with Crippen LogP contribution in [-0.2, 0) is 0 Å². The molecule has 0 rings (SSSR count). The zero-order chi connectivity index (χ0) is 9.40. The summed E-state index contributed by atoms with van der Waals surface area (Å²) in [4.78, 5) is 0. The Hall–Kier alpha value is -0.0800. The van der Waals surface area contributed by atoms with E-state index in [2.05, 4.69) is 26.1 Å². The lowest BCUT2D eigenvalue weighted by Gasteiger charge is -2.14. The van der Waals surface area contributed by atoms with E-state index in [4.69, 9.17) is 5.73 Å². The minimum Gasteiger partial charge on any atom is -0.316 e. The first-order chi connectivity index (χ1) is 5.66. The van der Waals surface area contributed by atoms with Crippen LogP contribution in [0.25, 0.3) is 0 Å². The molecule has 74 valence electrons. The Morgan fingerprint density at radius 2 is 1.92 bits per heavy atom. The van der Waals surface area contributed by atoms with E-state index >= 15 is 0 Å². The number of hydrogen-bond acceptors (Lipinski definition) is 2. The average molecular weight is 172 g/mol. The molecule has 2 heteroatoms. The normalized spacial score (nSPS) is 13.8. The van der Waals surface area contributed by atoms with Crippen molar-refractivity contribution in [3.05, 3.63) is 0 Å². The topological polar surface area (TPSA) is 38.0 Å². The first-order valence-electron chi connectivity index (χ1n) is 5.15. The maximum Gasteiger partial charge on any atom is 0.0546 e. The summed E-state index contributed by atoms with van der Waals surface area (Å²) in [5, 5.41) is 3.32. The number of rotatable bonds is 7. The lowest BCUT2D eigenvalue weighted by Crippen LogP contribution is -2.39. The van der Waals surface area contributed by atoms with Crippen LogP contribution in [0.1, 0.15) is 46.5 Å². The van der Waals surface area contributed by atoms with Crippen LogP contribution in [-0.4, -0.2) is 12.7 Å². The summed E-state index contributed by atoms with van der Waals surface area (Å²) >= 11 is 0. The Kier molecular flexibility index (Phi) is 7.51. The first kappa shape index (κ1) is 11.9. The first-order valence-corrected chi connectivity index (χ1v) is 5.15. The fourth-order valence-corrected chi connectivity index (χ4v) is 1.10. The maximum atomic E-state index is 5.85. The molecule has 1 unspecified atom stereocenters. The van der Waals surface area contributed by atoms with Crippen molar-refractivity contribution in [1.29, 1.82) is 0 Å². The summed E-state index contributed by atoms with van der Waals surface area (Å²) in [5.74, 6) is 0.697. The number of nitrogens with two attached hydrogens (primary N) is 1. The summed E-state index contributed by atoms with van der Waals surface area (Å²) in [7, 11) is 0. The van der Waals surface area contributed by atoms with Crippen molar-refractivity contribution in [3.63, 3.8) is 0 Å². The Morgan fingerprint density at radius 1 is 1.25 bits per heavy atom. The molecule has 0 spiro atoms. The van der Waals surface area contributed by atoms with E-state index in [1.54, 1.807) is 0 Å². The molecule has 0 saturated carbocycles. The van der Waals surface area contributed by atoms with Crippen molar-refractivity contribution >= 4 is 0 Å². The zero-order valence-electron chi connectivity index (χ0n) is 8.77. The predicted molar refractivity (Wildman–Crippen MR) is 55.0 cm³/mol. The summed E-state index contributed by atoms with van der Waals surface area (Å²) in [5.41, 5.74) is 5.85. The van der Waals surface area contributed by atoms with Gasteiger partial charge >= 0.3 is 0 Å². The van der Waals surface area contributed by atoms with Crippen molar-refractivity contribution in [2.45, 2.75) is 52.6 Å². The van der Waals surface area contributed by atoms with Crippen LogP contribution in [0.3, 0.4) is 0 Å². The molecule has 0 bridgehead atoms. The summed E-state index contributed by atoms with van der Waals surface area (Å²) < 4.78 is 0.